The van der Waals surface area contributed by atoms with Gasteiger partial charge in [0.2, 0.25) is 0 Å². The monoisotopic (exact) mass is 388 g/mol. The van der Waals surface area contributed by atoms with E-state index in [4.69, 9.17) is 9.47 Å². The van der Waals surface area contributed by atoms with Crippen LogP contribution in [-0.4, -0.2) is 59.4 Å². The Hall–Kier alpha value is -1.46. The molecule has 0 bridgehead atoms. The van der Waals surface area contributed by atoms with Gasteiger partial charge < -0.3 is 19.3 Å². The second kappa shape index (κ2) is 14.6. The minimum Gasteiger partial charge on any atom is -0.449 e. The summed E-state index contributed by atoms with van der Waals surface area (Å²) < 4.78 is 10.2. The molecule has 2 amide bonds. The van der Waals surface area contributed by atoms with Gasteiger partial charge in [0.05, 0.1) is 13.2 Å². The van der Waals surface area contributed by atoms with Gasteiger partial charge in [0.25, 0.3) is 0 Å². The highest BCUT2D eigenvalue weighted by Gasteiger charge is 2.22. The molecular formula is C21H44N2O4. The molecule has 0 aromatic rings. The lowest BCUT2D eigenvalue weighted by Crippen LogP contribution is -2.42. The SMILES string of the molecule is CC(C)COC(=O)N(C(C)C)C(C)C.CCCOC(=O)N(C(C)C)C(C)C. The third kappa shape index (κ3) is 12.5. The van der Waals surface area contributed by atoms with E-state index in [0.29, 0.717) is 19.1 Å². The van der Waals surface area contributed by atoms with E-state index in [1.165, 1.54) is 0 Å². The van der Waals surface area contributed by atoms with E-state index < -0.39 is 0 Å². The molecule has 0 rings (SSSR count). The Balaban J connectivity index is 0. The number of nitrogens with zero attached hydrogens (tertiary/aromatic N) is 2. The van der Waals surface area contributed by atoms with Gasteiger partial charge in [0.1, 0.15) is 0 Å². The molecule has 0 heterocycles. The van der Waals surface area contributed by atoms with E-state index in [-0.39, 0.29) is 36.4 Å². The average Bonchev–Trinajstić information content (AvgIpc) is 2.50. The number of ether oxygens (including phenoxy) is 2. The van der Waals surface area contributed by atoms with Crippen molar-refractivity contribution in [2.45, 2.75) is 107 Å². The van der Waals surface area contributed by atoms with E-state index in [9.17, 15) is 9.59 Å². The second-order valence-corrected chi connectivity index (χ2v) is 8.27. The molecule has 6 heteroatoms. The zero-order valence-electron chi connectivity index (χ0n) is 19.5. The van der Waals surface area contributed by atoms with Gasteiger partial charge in [-0.1, -0.05) is 20.8 Å². The normalized spacial score (nSPS) is 11.0. The first-order chi connectivity index (χ1) is 12.4. The van der Waals surface area contributed by atoms with Gasteiger partial charge in [-0.05, 0) is 67.7 Å². The molecule has 0 fully saturated rings. The minimum atomic E-state index is -0.205. The van der Waals surface area contributed by atoms with Crippen LogP contribution in [0, 0.1) is 5.92 Å². The molecule has 6 nitrogen and oxygen atoms in total. The maximum absolute atomic E-state index is 11.6. The van der Waals surface area contributed by atoms with Crippen LogP contribution in [0.15, 0.2) is 0 Å². The van der Waals surface area contributed by atoms with Crippen LogP contribution in [0.2, 0.25) is 0 Å². The highest BCUT2D eigenvalue weighted by Crippen LogP contribution is 2.08. The Labute approximate surface area is 167 Å². The fourth-order valence-corrected chi connectivity index (χ4v) is 2.61. The first-order valence-electron chi connectivity index (χ1n) is 10.3. The van der Waals surface area contributed by atoms with E-state index in [1.54, 1.807) is 9.80 Å². The van der Waals surface area contributed by atoms with Crippen LogP contribution in [0.4, 0.5) is 9.59 Å². The van der Waals surface area contributed by atoms with E-state index in [2.05, 4.69) is 0 Å². The van der Waals surface area contributed by atoms with E-state index in [1.807, 2.05) is 76.2 Å². The molecule has 0 aromatic heterocycles. The predicted molar refractivity (Wildman–Crippen MR) is 112 cm³/mol. The molecule has 0 aromatic carbocycles. The van der Waals surface area contributed by atoms with Crippen molar-refractivity contribution in [2.24, 2.45) is 5.92 Å². The summed E-state index contributed by atoms with van der Waals surface area (Å²) in [5.74, 6) is 0.389. The van der Waals surface area contributed by atoms with E-state index in [0.717, 1.165) is 6.42 Å². The van der Waals surface area contributed by atoms with Crippen molar-refractivity contribution < 1.29 is 19.1 Å². The van der Waals surface area contributed by atoms with Gasteiger partial charge in [0.15, 0.2) is 0 Å². The summed E-state index contributed by atoms with van der Waals surface area (Å²) >= 11 is 0. The highest BCUT2D eigenvalue weighted by atomic mass is 16.6. The van der Waals surface area contributed by atoms with Gasteiger partial charge in [-0.25, -0.2) is 9.59 Å². The quantitative estimate of drug-likeness (QED) is 0.547. The molecule has 162 valence electrons. The Morgan fingerprint density at radius 3 is 1.26 bits per heavy atom. The number of amides is 2. The third-order valence-electron chi connectivity index (χ3n) is 3.62. The van der Waals surface area contributed by atoms with Crippen LogP contribution in [0.3, 0.4) is 0 Å². The molecule has 0 unspecified atom stereocenters. The molecule has 0 atom stereocenters. The Kier molecular flexibility index (Phi) is 15.0. The first-order valence-corrected chi connectivity index (χ1v) is 10.3. The molecule has 27 heavy (non-hydrogen) atoms. The molecular weight excluding hydrogens is 344 g/mol. The summed E-state index contributed by atoms with van der Waals surface area (Å²) in [7, 11) is 0. The third-order valence-corrected chi connectivity index (χ3v) is 3.62. The smallest absolute Gasteiger partial charge is 0.410 e. The largest absolute Gasteiger partial charge is 0.449 e. The molecule has 0 saturated carbocycles. The number of carbonyl (C=O) groups is 2. The second-order valence-electron chi connectivity index (χ2n) is 8.27. The topological polar surface area (TPSA) is 59.1 Å². The molecule has 0 aliphatic heterocycles. The van der Waals surface area contributed by atoms with Crippen molar-refractivity contribution >= 4 is 12.2 Å². The first kappa shape index (κ1) is 27.8. The van der Waals surface area contributed by atoms with Crippen LogP contribution in [0.25, 0.3) is 0 Å². The zero-order valence-corrected chi connectivity index (χ0v) is 19.5. The number of hydrogen-bond acceptors (Lipinski definition) is 4. The number of hydrogen-bond donors (Lipinski definition) is 0. The van der Waals surface area contributed by atoms with Crippen molar-refractivity contribution in [2.75, 3.05) is 13.2 Å². The lowest BCUT2D eigenvalue weighted by molar-refractivity contribution is 0.0707. The van der Waals surface area contributed by atoms with Crippen LogP contribution in [0.1, 0.15) is 82.6 Å². The van der Waals surface area contributed by atoms with Crippen molar-refractivity contribution in [3.63, 3.8) is 0 Å². The Morgan fingerprint density at radius 1 is 0.667 bits per heavy atom. The summed E-state index contributed by atoms with van der Waals surface area (Å²) in [6, 6.07) is 0.776. The molecule has 0 spiro atoms. The average molecular weight is 389 g/mol. The molecule has 0 N–H and O–H groups in total. The number of rotatable bonds is 8. The maximum Gasteiger partial charge on any atom is 0.410 e. The summed E-state index contributed by atoms with van der Waals surface area (Å²) in [6.45, 7) is 23.0. The molecule has 0 aliphatic carbocycles. The van der Waals surface area contributed by atoms with Crippen LogP contribution in [0.5, 0.6) is 0 Å². The van der Waals surface area contributed by atoms with Gasteiger partial charge in [-0.3, -0.25) is 0 Å². The lowest BCUT2D eigenvalue weighted by atomic mass is 10.2. The van der Waals surface area contributed by atoms with Gasteiger partial charge >= 0.3 is 12.2 Å². The van der Waals surface area contributed by atoms with Crippen molar-refractivity contribution in [1.82, 2.24) is 9.80 Å². The van der Waals surface area contributed by atoms with Gasteiger partial charge in [-0.2, -0.15) is 0 Å². The molecule has 0 radical (unpaired) electrons. The summed E-state index contributed by atoms with van der Waals surface area (Å²) in [5.41, 5.74) is 0. The van der Waals surface area contributed by atoms with Crippen LogP contribution in [-0.2, 0) is 9.47 Å². The van der Waals surface area contributed by atoms with Crippen molar-refractivity contribution in [1.29, 1.82) is 0 Å². The van der Waals surface area contributed by atoms with Crippen molar-refractivity contribution in [3.05, 3.63) is 0 Å². The fourth-order valence-electron chi connectivity index (χ4n) is 2.61. The summed E-state index contributed by atoms with van der Waals surface area (Å²) in [5, 5.41) is 0. The molecule has 0 saturated heterocycles. The molecule has 0 aliphatic rings. The van der Waals surface area contributed by atoms with Crippen LogP contribution < -0.4 is 0 Å². The summed E-state index contributed by atoms with van der Waals surface area (Å²) in [4.78, 5) is 26.6. The zero-order chi connectivity index (χ0) is 21.7. The minimum absolute atomic E-state index is 0.190. The maximum atomic E-state index is 11.6. The standard InChI is InChI=1S/C11H23NO2.C10H21NO2/c1-8(2)7-14-11(13)12(9(3)4)10(5)6;1-6-7-13-10(12)11(8(2)3)9(4)5/h8-10H,7H2,1-6H3;8-9H,6-7H2,1-5H3. The fraction of sp³-hybridized carbons (Fsp3) is 0.905. The lowest BCUT2D eigenvalue weighted by Gasteiger charge is -2.29. The van der Waals surface area contributed by atoms with Crippen molar-refractivity contribution in [3.8, 4) is 0 Å². The van der Waals surface area contributed by atoms with Gasteiger partial charge in [-0.15, -0.1) is 0 Å². The highest BCUT2D eigenvalue weighted by molar-refractivity contribution is 5.68. The summed E-state index contributed by atoms with van der Waals surface area (Å²) in [6.07, 6.45) is 0.464. The Bertz CT molecular complexity index is 391. The Morgan fingerprint density at radius 2 is 1.00 bits per heavy atom. The van der Waals surface area contributed by atoms with Crippen LogP contribution >= 0.6 is 0 Å². The van der Waals surface area contributed by atoms with Gasteiger partial charge in [0, 0.05) is 24.2 Å². The number of carbonyl (C=O) groups excluding carboxylic acids is 2. The predicted octanol–water partition coefficient (Wildman–Crippen LogP) is 5.55. The van der Waals surface area contributed by atoms with E-state index >= 15 is 0 Å².